The van der Waals surface area contributed by atoms with Crippen LogP contribution in [0.4, 0.5) is 5.69 Å². The van der Waals surface area contributed by atoms with Crippen LogP contribution >= 0.6 is 0 Å². The first kappa shape index (κ1) is 41.7. The Bertz CT molecular complexity index is 2340. The van der Waals surface area contributed by atoms with E-state index in [1.165, 1.54) is 72.8 Å². The number of anilines is 1. The van der Waals surface area contributed by atoms with Crippen LogP contribution in [0.15, 0.2) is 115 Å². The summed E-state index contributed by atoms with van der Waals surface area (Å²) in [6.07, 6.45) is -1.33. The van der Waals surface area contributed by atoms with Gasteiger partial charge in [-0.25, -0.2) is 4.79 Å². The first-order valence-corrected chi connectivity index (χ1v) is 18.3. The number of rotatable bonds is 18. The van der Waals surface area contributed by atoms with Crippen molar-refractivity contribution in [2.75, 3.05) is 5.32 Å². The average molecular weight is 784 g/mol. The number of benzene rings is 5. The molecule has 13 heteroatoms. The molecule has 0 unspecified atom stereocenters. The molecule has 5 aromatic carbocycles. The van der Waals surface area contributed by atoms with Crippen molar-refractivity contribution in [3.8, 4) is 11.5 Å². The van der Waals surface area contributed by atoms with Gasteiger partial charge in [0.25, 0.3) is 11.8 Å². The second-order valence-corrected chi connectivity index (χ2v) is 13.8. The number of nitrogens with one attached hydrogen (secondary N) is 2. The first-order chi connectivity index (χ1) is 27.7. The smallest absolute Gasteiger partial charge is 0.335 e. The number of primary amides is 1. The molecule has 0 aliphatic carbocycles. The monoisotopic (exact) mass is 783 g/mol. The molecule has 296 valence electrons. The third kappa shape index (κ3) is 11.1. The fourth-order valence-corrected chi connectivity index (χ4v) is 5.98. The van der Waals surface area contributed by atoms with Crippen LogP contribution in [0.2, 0.25) is 0 Å². The molecule has 0 spiro atoms. The molecule has 1 atom stereocenters. The number of carbonyl (C=O) groups excluding carboxylic acids is 6. The molecule has 0 fully saturated rings. The van der Waals surface area contributed by atoms with Crippen molar-refractivity contribution in [2.45, 2.75) is 51.7 Å². The van der Waals surface area contributed by atoms with Gasteiger partial charge in [-0.1, -0.05) is 60.7 Å². The molecule has 0 heterocycles. The van der Waals surface area contributed by atoms with Crippen LogP contribution in [-0.2, 0) is 28.9 Å². The fraction of sp³-hybridized carbons (Fsp3) is 0.178. The number of hydrogen-bond donors (Lipinski definition) is 5. The number of nitrogens with two attached hydrogens (primary N) is 1. The molecule has 3 amide bonds. The van der Waals surface area contributed by atoms with Crippen LogP contribution in [0.5, 0.6) is 11.5 Å². The predicted molar refractivity (Wildman–Crippen MR) is 214 cm³/mol. The number of aromatic carboxylic acids is 1. The molecule has 0 radical (unpaired) electrons. The molecule has 58 heavy (non-hydrogen) atoms. The SMILES string of the molecule is CC(C)Oc1c(CC(=O)c2ccc(CC(=O)[C@H](CC(N)=O)NC(=O)c3ccc(NC(=O)c4ccccc4)cc3)cc2)ccc(C(=O)Cc2ccc(C(=O)O)cc2)c1O. The summed E-state index contributed by atoms with van der Waals surface area (Å²) in [7, 11) is 0. The number of carboxylic acid groups (broad SMARTS) is 1. The molecule has 0 bridgehead atoms. The number of phenolic OH excluding ortho intramolecular Hbond substituents is 1. The Kier molecular flexibility index (Phi) is 13.6. The minimum absolute atomic E-state index is 0.00838. The number of ketones is 3. The van der Waals surface area contributed by atoms with E-state index >= 15 is 0 Å². The van der Waals surface area contributed by atoms with Gasteiger partial charge in [0, 0.05) is 47.2 Å². The maximum Gasteiger partial charge on any atom is 0.335 e. The third-order valence-electron chi connectivity index (χ3n) is 8.98. The van der Waals surface area contributed by atoms with Crippen molar-refractivity contribution in [3.63, 3.8) is 0 Å². The molecule has 0 aliphatic heterocycles. The highest BCUT2D eigenvalue weighted by atomic mass is 16.5. The molecular formula is C45H41N3O10. The maximum atomic E-state index is 13.4. The van der Waals surface area contributed by atoms with Gasteiger partial charge in [0.1, 0.15) is 0 Å². The number of aromatic hydroxyl groups is 1. The van der Waals surface area contributed by atoms with Gasteiger partial charge in [0.15, 0.2) is 28.8 Å². The Morgan fingerprint density at radius 3 is 1.79 bits per heavy atom. The first-order valence-electron chi connectivity index (χ1n) is 18.3. The quantitative estimate of drug-likeness (QED) is 0.0676. The summed E-state index contributed by atoms with van der Waals surface area (Å²) in [4.78, 5) is 88.5. The highest BCUT2D eigenvalue weighted by Gasteiger charge is 2.25. The zero-order valence-corrected chi connectivity index (χ0v) is 31.7. The molecule has 5 rings (SSSR count). The van der Waals surface area contributed by atoms with Gasteiger partial charge < -0.3 is 31.3 Å². The van der Waals surface area contributed by atoms with E-state index in [4.69, 9.17) is 15.6 Å². The lowest BCUT2D eigenvalue weighted by Gasteiger charge is -2.18. The molecule has 0 aromatic heterocycles. The van der Waals surface area contributed by atoms with Gasteiger partial charge in [0.05, 0.1) is 29.7 Å². The van der Waals surface area contributed by atoms with E-state index in [1.807, 2.05) is 0 Å². The number of carbonyl (C=O) groups is 7. The Labute approximate surface area is 333 Å². The van der Waals surface area contributed by atoms with E-state index in [2.05, 4.69) is 10.6 Å². The summed E-state index contributed by atoms with van der Waals surface area (Å²) in [6, 6.07) is 28.4. The summed E-state index contributed by atoms with van der Waals surface area (Å²) < 4.78 is 5.86. The minimum Gasteiger partial charge on any atom is -0.504 e. The van der Waals surface area contributed by atoms with Crippen LogP contribution in [-0.4, -0.2) is 63.4 Å². The zero-order chi connectivity index (χ0) is 41.9. The van der Waals surface area contributed by atoms with Gasteiger partial charge in [-0.05, 0) is 79.6 Å². The van der Waals surface area contributed by atoms with E-state index < -0.39 is 53.7 Å². The molecule has 0 saturated carbocycles. The minimum atomic E-state index is -1.23. The van der Waals surface area contributed by atoms with E-state index in [0.717, 1.165) is 0 Å². The van der Waals surface area contributed by atoms with Crippen molar-refractivity contribution in [3.05, 3.63) is 160 Å². The highest BCUT2D eigenvalue weighted by molar-refractivity contribution is 6.05. The summed E-state index contributed by atoms with van der Waals surface area (Å²) >= 11 is 0. The largest absolute Gasteiger partial charge is 0.504 e. The maximum absolute atomic E-state index is 13.4. The van der Waals surface area contributed by atoms with Crippen LogP contribution in [0.25, 0.3) is 0 Å². The summed E-state index contributed by atoms with van der Waals surface area (Å²) in [5.74, 6) is -4.53. The molecular weight excluding hydrogens is 743 g/mol. The van der Waals surface area contributed by atoms with Crippen molar-refractivity contribution >= 4 is 46.7 Å². The van der Waals surface area contributed by atoms with Gasteiger partial charge in [0.2, 0.25) is 5.91 Å². The van der Waals surface area contributed by atoms with Crippen LogP contribution in [0.3, 0.4) is 0 Å². The lowest BCUT2D eigenvalue weighted by molar-refractivity contribution is -0.125. The van der Waals surface area contributed by atoms with Crippen LogP contribution < -0.4 is 21.1 Å². The Hall–Kier alpha value is -7.41. The second-order valence-electron chi connectivity index (χ2n) is 13.8. The standard InChI is InChI=1S/C45H41N3O10/c1-26(2)58-42-33(18-21-35(41(42)53)38(50)22-27-10-14-32(15-11-27)45(56)57)24-37(49)29-12-8-28(9-13-29)23-39(51)36(25-40(46)52)48-44(55)31-16-19-34(20-17-31)47-43(54)30-6-4-3-5-7-30/h3-21,26,36,53H,22-25H2,1-2H3,(H2,46,52)(H,47,54)(H,48,55)(H,56,57)/t36-/m0/s1. The second kappa shape index (κ2) is 19.0. The number of amides is 3. The van der Waals surface area contributed by atoms with E-state index in [0.29, 0.717) is 33.5 Å². The number of ether oxygens (including phenoxy) is 1. The molecule has 0 aliphatic rings. The highest BCUT2D eigenvalue weighted by Crippen LogP contribution is 2.36. The van der Waals surface area contributed by atoms with Gasteiger partial charge in [-0.2, -0.15) is 0 Å². The predicted octanol–water partition coefficient (Wildman–Crippen LogP) is 5.77. The zero-order valence-electron chi connectivity index (χ0n) is 31.7. The van der Waals surface area contributed by atoms with Crippen molar-refractivity contribution in [1.82, 2.24) is 5.32 Å². The summed E-state index contributed by atoms with van der Waals surface area (Å²) in [5, 5.41) is 25.6. The van der Waals surface area contributed by atoms with Gasteiger partial charge in [-0.3, -0.25) is 28.8 Å². The lowest BCUT2D eigenvalue weighted by Crippen LogP contribution is -2.44. The van der Waals surface area contributed by atoms with Crippen molar-refractivity contribution < 1.29 is 48.5 Å². The topological polar surface area (TPSA) is 219 Å². The molecule has 0 saturated heterocycles. The molecule has 5 aromatic rings. The van der Waals surface area contributed by atoms with E-state index in [1.54, 1.807) is 56.3 Å². The number of carboxylic acids is 1. The summed E-state index contributed by atoms with van der Waals surface area (Å²) in [5.41, 5.74) is 8.25. The number of Topliss-reactive ketones (excluding diaryl/α,β-unsaturated/α-hetero) is 3. The normalized spacial score (nSPS) is 11.3. The number of phenols is 1. The third-order valence-corrected chi connectivity index (χ3v) is 8.98. The Morgan fingerprint density at radius 1 is 0.638 bits per heavy atom. The van der Waals surface area contributed by atoms with Crippen molar-refractivity contribution in [2.24, 2.45) is 5.73 Å². The number of hydrogen-bond acceptors (Lipinski definition) is 9. The van der Waals surface area contributed by atoms with Gasteiger partial charge >= 0.3 is 5.97 Å². The Balaban J connectivity index is 1.22. The van der Waals surface area contributed by atoms with E-state index in [-0.39, 0.29) is 53.4 Å². The van der Waals surface area contributed by atoms with Gasteiger partial charge in [-0.15, -0.1) is 0 Å². The van der Waals surface area contributed by atoms with E-state index in [9.17, 15) is 38.7 Å². The van der Waals surface area contributed by atoms with Crippen LogP contribution in [0.1, 0.15) is 88.7 Å². The fourth-order valence-electron chi connectivity index (χ4n) is 5.98. The Morgan fingerprint density at radius 2 is 1.21 bits per heavy atom. The molecule has 6 N–H and O–H groups in total. The average Bonchev–Trinajstić information content (AvgIpc) is 3.19. The summed E-state index contributed by atoms with van der Waals surface area (Å²) in [6.45, 7) is 3.46. The molecule has 13 nitrogen and oxygen atoms in total. The van der Waals surface area contributed by atoms with Crippen molar-refractivity contribution in [1.29, 1.82) is 0 Å². The lowest BCUT2D eigenvalue weighted by atomic mass is 9.95. The van der Waals surface area contributed by atoms with Crippen LogP contribution in [0, 0.1) is 0 Å².